The van der Waals surface area contributed by atoms with Crippen LogP contribution in [0, 0.1) is 0 Å². The summed E-state index contributed by atoms with van der Waals surface area (Å²) in [6.07, 6.45) is 0. The molecule has 4 nitrogen and oxygen atoms in total. The van der Waals surface area contributed by atoms with E-state index in [0.717, 1.165) is 22.1 Å². The van der Waals surface area contributed by atoms with Crippen molar-refractivity contribution in [2.45, 2.75) is 31.7 Å². The predicted molar refractivity (Wildman–Crippen MR) is 89.7 cm³/mol. The molecule has 2 aromatic carbocycles. The summed E-state index contributed by atoms with van der Waals surface area (Å²) < 4.78 is 11.0. The number of aliphatic hydroxyl groups is 1. The van der Waals surface area contributed by atoms with Gasteiger partial charge in [0.05, 0.1) is 19.8 Å². The Bertz CT molecular complexity index is 663. The topological polar surface area (TPSA) is 50.7 Å². The number of methoxy groups -OCH3 is 1. The number of ether oxygens (including phenoxy) is 2. The van der Waals surface area contributed by atoms with Crippen LogP contribution in [0.5, 0.6) is 5.75 Å². The molecule has 5 heteroatoms. The number of morpholine rings is 1. The molecule has 0 amide bonds. The maximum absolute atomic E-state index is 10.9. The van der Waals surface area contributed by atoms with Gasteiger partial charge in [0.25, 0.3) is 0 Å². The Labute approximate surface area is 136 Å². The van der Waals surface area contributed by atoms with E-state index in [1.54, 1.807) is 7.11 Å². The fraction of sp³-hybridized carbons (Fsp3) is 0.412. The molecule has 1 fully saturated rings. The van der Waals surface area contributed by atoms with Gasteiger partial charge in [0.1, 0.15) is 5.75 Å². The van der Waals surface area contributed by atoms with E-state index in [9.17, 15) is 5.11 Å². The summed E-state index contributed by atoms with van der Waals surface area (Å²) in [6.45, 7) is 4.47. The maximum Gasteiger partial charge on any atom is 0.208 e. The van der Waals surface area contributed by atoms with Gasteiger partial charge < -0.3 is 19.9 Å². The van der Waals surface area contributed by atoms with Crippen molar-refractivity contribution >= 4 is 23.2 Å². The normalized spacial score (nSPS) is 28.2. The van der Waals surface area contributed by atoms with Crippen LogP contribution >= 0.6 is 12.4 Å². The molecule has 1 aliphatic rings. The highest BCUT2D eigenvalue weighted by atomic mass is 35.5. The number of fused-ring (bicyclic) bond motifs is 1. The van der Waals surface area contributed by atoms with Crippen molar-refractivity contribution in [3.63, 3.8) is 0 Å². The van der Waals surface area contributed by atoms with Crippen LogP contribution in [0.2, 0.25) is 0 Å². The third-order valence-corrected chi connectivity index (χ3v) is 4.14. The monoisotopic (exact) mass is 323 g/mol. The summed E-state index contributed by atoms with van der Waals surface area (Å²) in [7, 11) is 1.66. The van der Waals surface area contributed by atoms with Crippen molar-refractivity contribution < 1.29 is 14.6 Å². The zero-order valence-electron chi connectivity index (χ0n) is 13.0. The van der Waals surface area contributed by atoms with Gasteiger partial charge >= 0.3 is 0 Å². The van der Waals surface area contributed by atoms with Crippen LogP contribution in [0.1, 0.15) is 19.4 Å². The molecule has 1 aliphatic heterocycles. The molecule has 2 N–H and O–H groups in total. The van der Waals surface area contributed by atoms with Gasteiger partial charge in [-0.15, -0.1) is 12.4 Å². The average molecular weight is 324 g/mol. The molecule has 1 saturated heterocycles. The Morgan fingerprint density at radius 1 is 1.18 bits per heavy atom. The third-order valence-electron chi connectivity index (χ3n) is 4.14. The molecule has 0 radical (unpaired) electrons. The number of nitrogens with one attached hydrogen (secondary N) is 1. The summed E-state index contributed by atoms with van der Waals surface area (Å²) in [6, 6.07) is 11.8. The quantitative estimate of drug-likeness (QED) is 0.892. The largest absolute Gasteiger partial charge is 0.497 e. The minimum absolute atomic E-state index is 0. The van der Waals surface area contributed by atoms with Gasteiger partial charge in [0, 0.05) is 11.6 Å². The molecule has 0 spiro atoms. The van der Waals surface area contributed by atoms with Gasteiger partial charge in [0.15, 0.2) is 0 Å². The van der Waals surface area contributed by atoms with Crippen LogP contribution in [0.15, 0.2) is 36.4 Å². The van der Waals surface area contributed by atoms with E-state index in [2.05, 4.69) is 5.32 Å². The molecule has 2 aromatic rings. The molecule has 22 heavy (non-hydrogen) atoms. The van der Waals surface area contributed by atoms with E-state index in [4.69, 9.17) is 9.47 Å². The molecule has 0 unspecified atom stereocenters. The number of hydrogen-bond donors (Lipinski definition) is 2. The molecule has 3 rings (SSSR count). The highest BCUT2D eigenvalue weighted by Crippen LogP contribution is 2.32. The van der Waals surface area contributed by atoms with Gasteiger partial charge in [-0.1, -0.05) is 18.2 Å². The van der Waals surface area contributed by atoms with Crippen LogP contribution in [-0.2, 0) is 10.5 Å². The van der Waals surface area contributed by atoms with E-state index in [1.165, 1.54) is 0 Å². The summed E-state index contributed by atoms with van der Waals surface area (Å²) in [5.41, 5.74) is 0.770. The first kappa shape index (κ1) is 17.0. The molecule has 0 aromatic heterocycles. The van der Waals surface area contributed by atoms with Crippen LogP contribution in [0.3, 0.4) is 0 Å². The molecule has 120 valence electrons. The first-order valence-corrected chi connectivity index (χ1v) is 7.23. The molecule has 0 aliphatic carbocycles. The van der Waals surface area contributed by atoms with Crippen molar-refractivity contribution in [2.75, 3.05) is 13.7 Å². The van der Waals surface area contributed by atoms with Gasteiger partial charge in [-0.05, 0) is 42.8 Å². The number of halogens is 1. The van der Waals surface area contributed by atoms with Gasteiger partial charge in [-0.3, -0.25) is 0 Å². The lowest BCUT2D eigenvalue weighted by Crippen LogP contribution is -2.58. The summed E-state index contributed by atoms with van der Waals surface area (Å²) in [5, 5.41) is 16.3. The Morgan fingerprint density at radius 3 is 2.55 bits per heavy atom. The molecular weight excluding hydrogens is 302 g/mol. The fourth-order valence-electron chi connectivity index (χ4n) is 2.87. The van der Waals surface area contributed by atoms with Gasteiger partial charge in [-0.2, -0.15) is 0 Å². The molecule has 3 atom stereocenters. The summed E-state index contributed by atoms with van der Waals surface area (Å²) in [4.78, 5) is 0. The first-order chi connectivity index (χ1) is 10.0. The SMILES string of the molecule is COc1ccc2cc([C@@]3(O)OC[C@H](C)N[C@@H]3C)ccc2c1.Cl. The smallest absolute Gasteiger partial charge is 0.208 e. The van der Waals surface area contributed by atoms with Crippen LogP contribution < -0.4 is 10.1 Å². The Morgan fingerprint density at radius 2 is 1.86 bits per heavy atom. The van der Waals surface area contributed by atoms with Crippen LogP contribution in [-0.4, -0.2) is 30.9 Å². The van der Waals surface area contributed by atoms with Crippen molar-refractivity contribution in [3.8, 4) is 5.75 Å². The predicted octanol–water partition coefficient (Wildman–Crippen LogP) is 2.81. The summed E-state index contributed by atoms with van der Waals surface area (Å²) in [5.74, 6) is -0.465. The van der Waals surface area contributed by atoms with Gasteiger partial charge in [0.2, 0.25) is 5.79 Å². The number of hydrogen-bond acceptors (Lipinski definition) is 4. The second-order valence-corrected chi connectivity index (χ2v) is 5.72. The zero-order chi connectivity index (χ0) is 15.0. The van der Waals surface area contributed by atoms with E-state index in [0.29, 0.717) is 6.61 Å². The third kappa shape index (κ3) is 2.92. The lowest BCUT2D eigenvalue weighted by atomic mass is 9.94. The van der Waals surface area contributed by atoms with Crippen molar-refractivity contribution in [3.05, 3.63) is 42.0 Å². The highest BCUT2D eigenvalue weighted by Gasteiger charge is 2.41. The minimum atomic E-state index is -1.29. The highest BCUT2D eigenvalue weighted by molar-refractivity contribution is 5.85. The number of benzene rings is 2. The summed E-state index contributed by atoms with van der Waals surface area (Å²) >= 11 is 0. The number of rotatable bonds is 2. The standard InChI is InChI=1S/C17H21NO3.ClH/c1-11-10-21-17(19,12(2)18-11)15-6-4-14-9-16(20-3)7-5-13(14)8-15;/h4-9,11-12,18-19H,10H2,1-3H3;1H/t11-,12+,17-;/m0./s1. The Kier molecular flexibility index (Phi) is 4.97. The average Bonchev–Trinajstić information content (AvgIpc) is 2.50. The van der Waals surface area contributed by atoms with Crippen LogP contribution in [0.4, 0.5) is 0 Å². The fourth-order valence-corrected chi connectivity index (χ4v) is 2.87. The second kappa shape index (κ2) is 6.42. The lowest BCUT2D eigenvalue weighted by molar-refractivity contribution is -0.252. The molecule has 0 saturated carbocycles. The van der Waals surface area contributed by atoms with E-state index in [1.807, 2.05) is 50.2 Å². The van der Waals surface area contributed by atoms with Crippen molar-refractivity contribution in [1.29, 1.82) is 0 Å². The first-order valence-electron chi connectivity index (χ1n) is 7.23. The van der Waals surface area contributed by atoms with Crippen LogP contribution in [0.25, 0.3) is 10.8 Å². The second-order valence-electron chi connectivity index (χ2n) is 5.72. The van der Waals surface area contributed by atoms with E-state index in [-0.39, 0.29) is 24.5 Å². The zero-order valence-corrected chi connectivity index (χ0v) is 13.8. The molecule has 1 heterocycles. The van der Waals surface area contributed by atoms with Crippen molar-refractivity contribution in [2.24, 2.45) is 0 Å². The Balaban J connectivity index is 0.00000176. The maximum atomic E-state index is 10.9. The van der Waals surface area contributed by atoms with E-state index >= 15 is 0 Å². The molecular formula is C17H22ClNO3. The van der Waals surface area contributed by atoms with Crippen molar-refractivity contribution in [1.82, 2.24) is 5.32 Å². The minimum Gasteiger partial charge on any atom is -0.497 e. The lowest BCUT2D eigenvalue weighted by Gasteiger charge is -2.41. The van der Waals surface area contributed by atoms with E-state index < -0.39 is 5.79 Å². The molecule has 0 bridgehead atoms. The Hall–Kier alpha value is -1.33. The van der Waals surface area contributed by atoms with Gasteiger partial charge in [-0.25, -0.2) is 0 Å².